The van der Waals surface area contributed by atoms with Gasteiger partial charge in [0.1, 0.15) is 6.61 Å². The van der Waals surface area contributed by atoms with Crippen LogP contribution in [0.1, 0.15) is 20.8 Å². The molecular formula is C10H21ClN2O2. The molecule has 1 amide bonds. The normalized spacial score (nSPS) is 21.3. The van der Waals surface area contributed by atoms with Gasteiger partial charge in [0.2, 0.25) is 5.91 Å². The number of amides is 1. The van der Waals surface area contributed by atoms with E-state index < -0.39 is 0 Å². The Morgan fingerprint density at radius 3 is 2.80 bits per heavy atom. The Balaban J connectivity index is 0.00000196. The van der Waals surface area contributed by atoms with Crippen molar-refractivity contribution in [2.24, 2.45) is 0 Å². The van der Waals surface area contributed by atoms with Gasteiger partial charge in [0, 0.05) is 25.7 Å². The van der Waals surface area contributed by atoms with Crippen LogP contribution in [0.4, 0.5) is 0 Å². The largest absolute Gasteiger partial charge is 0.369 e. The number of carbonyl (C=O) groups is 1. The molecule has 0 aromatic heterocycles. The van der Waals surface area contributed by atoms with E-state index in [-0.39, 0.29) is 37.1 Å². The highest BCUT2D eigenvalue weighted by Crippen LogP contribution is 2.03. The molecule has 1 rings (SSSR count). The number of halogens is 1. The van der Waals surface area contributed by atoms with Gasteiger partial charge in [-0.2, -0.15) is 0 Å². The van der Waals surface area contributed by atoms with Crippen LogP contribution >= 0.6 is 12.4 Å². The van der Waals surface area contributed by atoms with Gasteiger partial charge in [-0.15, -0.1) is 12.4 Å². The van der Waals surface area contributed by atoms with E-state index in [0.717, 1.165) is 19.6 Å². The van der Waals surface area contributed by atoms with E-state index in [4.69, 9.17) is 4.74 Å². The lowest BCUT2D eigenvalue weighted by atomic mass is 10.2. The molecule has 0 aromatic carbocycles. The third-order valence-corrected chi connectivity index (χ3v) is 2.36. The summed E-state index contributed by atoms with van der Waals surface area (Å²) in [5, 5.41) is 3.25. The van der Waals surface area contributed by atoms with Gasteiger partial charge in [0.25, 0.3) is 0 Å². The minimum absolute atomic E-state index is 0. The lowest BCUT2D eigenvalue weighted by Crippen LogP contribution is -2.53. The molecule has 5 heteroatoms. The van der Waals surface area contributed by atoms with Gasteiger partial charge in [-0.3, -0.25) is 4.79 Å². The third-order valence-electron chi connectivity index (χ3n) is 2.36. The van der Waals surface area contributed by atoms with E-state index >= 15 is 0 Å². The molecule has 0 spiro atoms. The van der Waals surface area contributed by atoms with Crippen molar-refractivity contribution < 1.29 is 9.53 Å². The second-order valence-corrected chi connectivity index (χ2v) is 4.00. The van der Waals surface area contributed by atoms with Crippen molar-refractivity contribution in [2.75, 3.05) is 26.2 Å². The predicted molar refractivity (Wildman–Crippen MR) is 62.4 cm³/mol. The van der Waals surface area contributed by atoms with E-state index in [1.165, 1.54) is 0 Å². The van der Waals surface area contributed by atoms with Gasteiger partial charge in [0.05, 0.1) is 6.10 Å². The topological polar surface area (TPSA) is 41.6 Å². The molecule has 15 heavy (non-hydrogen) atoms. The quantitative estimate of drug-likeness (QED) is 0.783. The summed E-state index contributed by atoms with van der Waals surface area (Å²) >= 11 is 0. The number of rotatable bonds is 3. The monoisotopic (exact) mass is 236 g/mol. The van der Waals surface area contributed by atoms with Crippen LogP contribution in [-0.2, 0) is 9.53 Å². The summed E-state index contributed by atoms with van der Waals surface area (Å²) in [6.45, 7) is 8.71. The SMILES string of the molecule is CC(C)OCC(=O)N1CCNCC1C.Cl. The summed E-state index contributed by atoms with van der Waals surface area (Å²) < 4.78 is 5.29. The number of hydrogen-bond donors (Lipinski definition) is 1. The molecule has 1 heterocycles. The van der Waals surface area contributed by atoms with E-state index in [2.05, 4.69) is 12.2 Å². The third kappa shape index (κ3) is 4.82. The first-order valence-electron chi connectivity index (χ1n) is 5.23. The summed E-state index contributed by atoms with van der Waals surface area (Å²) in [6, 6.07) is 0.284. The Hall–Kier alpha value is -0.320. The van der Waals surface area contributed by atoms with Gasteiger partial charge in [-0.1, -0.05) is 0 Å². The Bertz CT molecular complexity index is 200. The molecule has 0 radical (unpaired) electrons. The number of nitrogens with one attached hydrogen (secondary N) is 1. The molecule has 1 aliphatic heterocycles. The van der Waals surface area contributed by atoms with Crippen LogP contribution in [0.5, 0.6) is 0 Å². The average molecular weight is 237 g/mol. The fourth-order valence-corrected chi connectivity index (χ4v) is 1.53. The van der Waals surface area contributed by atoms with Crippen LogP contribution in [0.3, 0.4) is 0 Å². The van der Waals surface area contributed by atoms with Gasteiger partial charge in [-0.25, -0.2) is 0 Å². The molecule has 4 nitrogen and oxygen atoms in total. The van der Waals surface area contributed by atoms with Crippen LogP contribution in [-0.4, -0.2) is 49.2 Å². The van der Waals surface area contributed by atoms with E-state index in [1.807, 2.05) is 18.7 Å². The minimum Gasteiger partial charge on any atom is -0.369 e. The number of ether oxygens (including phenoxy) is 1. The zero-order chi connectivity index (χ0) is 10.6. The van der Waals surface area contributed by atoms with Gasteiger partial charge >= 0.3 is 0 Å². The molecule has 0 aromatic rings. The zero-order valence-electron chi connectivity index (χ0n) is 9.66. The molecule has 1 aliphatic rings. The summed E-state index contributed by atoms with van der Waals surface area (Å²) in [4.78, 5) is 13.6. The smallest absolute Gasteiger partial charge is 0.248 e. The highest BCUT2D eigenvalue weighted by molar-refractivity contribution is 5.85. The first-order chi connectivity index (χ1) is 6.61. The summed E-state index contributed by atoms with van der Waals surface area (Å²) in [7, 11) is 0. The van der Waals surface area contributed by atoms with Crippen LogP contribution in [0, 0.1) is 0 Å². The van der Waals surface area contributed by atoms with Crippen molar-refractivity contribution >= 4 is 18.3 Å². The minimum atomic E-state index is 0. The highest BCUT2D eigenvalue weighted by atomic mass is 35.5. The Kier molecular flexibility index (Phi) is 6.89. The highest BCUT2D eigenvalue weighted by Gasteiger charge is 2.22. The standard InChI is InChI=1S/C10H20N2O2.ClH/c1-8(2)14-7-10(13)12-5-4-11-6-9(12)3;/h8-9,11H,4-7H2,1-3H3;1H. The molecule has 1 atom stereocenters. The molecule has 1 unspecified atom stereocenters. The number of carbonyl (C=O) groups excluding carboxylic acids is 1. The van der Waals surface area contributed by atoms with Crippen molar-refractivity contribution in [1.29, 1.82) is 0 Å². The fraction of sp³-hybridized carbons (Fsp3) is 0.900. The Morgan fingerprint density at radius 2 is 2.27 bits per heavy atom. The molecule has 1 N–H and O–H groups in total. The van der Waals surface area contributed by atoms with Crippen molar-refractivity contribution in [2.45, 2.75) is 32.9 Å². The zero-order valence-corrected chi connectivity index (χ0v) is 10.5. The second kappa shape index (κ2) is 7.04. The first kappa shape index (κ1) is 14.7. The van der Waals surface area contributed by atoms with E-state index in [0.29, 0.717) is 0 Å². The summed E-state index contributed by atoms with van der Waals surface area (Å²) in [6.07, 6.45) is 0.122. The van der Waals surface area contributed by atoms with Crippen LogP contribution in [0.2, 0.25) is 0 Å². The van der Waals surface area contributed by atoms with Crippen molar-refractivity contribution in [3.8, 4) is 0 Å². The van der Waals surface area contributed by atoms with E-state index in [1.54, 1.807) is 0 Å². The van der Waals surface area contributed by atoms with Crippen molar-refractivity contribution in [3.63, 3.8) is 0 Å². The lowest BCUT2D eigenvalue weighted by molar-refractivity contribution is -0.140. The van der Waals surface area contributed by atoms with Gasteiger partial charge < -0.3 is 15.0 Å². The van der Waals surface area contributed by atoms with Crippen molar-refractivity contribution in [1.82, 2.24) is 10.2 Å². The van der Waals surface area contributed by atoms with Crippen LogP contribution < -0.4 is 5.32 Å². The lowest BCUT2D eigenvalue weighted by Gasteiger charge is -2.34. The van der Waals surface area contributed by atoms with E-state index in [9.17, 15) is 4.79 Å². The Labute approximate surface area is 97.8 Å². The maximum Gasteiger partial charge on any atom is 0.248 e. The molecule has 90 valence electrons. The van der Waals surface area contributed by atoms with Crippen LogP contribution in [0.25, 0.3) is 0 Å². The Morgan fingerprint density at radius 1 is 1.60 bits per heavy atom. The molecule has 0 bridgehead atoms. The van der Waals surface area contributed by atoms with Gasteiger partial charge in [-0.05, 0) is 20.8 Å². The maximum absolute atomic E-state index is 11.7. The van der Waals surface area contributed by atoms with Crippen molar-refractivity contribution in [3.05, 3.63) is 0 Å². The molecule has 1 fully saturated rings. The number of nitrogens with zero attached hydrogens (tertiary/aromatic N) is 1. The molecule has 0 saturated carbocycles. The van der Waals surface area contributed by atoms with Crippen LogP contribution in [0.15, 0.2) is 0 Å². The number of piperazine rings is 1. The molecular weight excluding hydrogens is 216 g/mol. The van der Waals surface area contributed by atoms with Gasteiger partial charge in [0.15, 0.2) is 0 Å². The molecule has 0 aliphatic carbocycles. The number of hydrogen-bond acceptors (Lipinski definition) is 3. The maximum atomic E-state index is 11.7. The average Bonchev–Trinajstić information content (AvgIpc) is 2.15. The predicted octanol–water partition coefficient (Wildman–Crippen LogP) is 0.654. The first-order valence-corrected chi connectivity index (χ1v) is 5.23. The fourth-order valence-electron chi connectivity index (χ4n) is 1.53. The summed E-state index contributed by atoms with van der Waals surface area (Å²) in [5.74, 6) is 0.104. The molecule has 1 saturated heterocycles. The summed E-state index contributed by atoms with van der Waals surface area (Å²) in [5.41, 5.74) is 0. The second-order valence-electron chi connectivity index (χ2n) is 4.00.